The number of esters is 1. The van der Waals surface area contributed by atoms with Crippen LogP contribution in [0.2, 0.25) is 0 Å². The van der Waals surface area contributed by atoms with Gasteiger partial charge >= 0.3 is 11.6 Å². The minimum absolute atomic E-state index is 0.0400. The second kappa shape index (κ2) is 10.2. The molecule has 1 heterocycles. The summed E-state index contributed by atoms with van der Waals surface area (Å²) in [5.74, 6) is -1.45. The van der Waals surface area contributed by atoms with E-state index in [1.807, 2.05) is 6.92 Å². The summed E-state index contributed by atoms with van der Waals surface area (Å²) in [6, 6.07) is 11.1. The molecule has 0 unspecified atom stereocenters. The Morgan fingerprint density at radius 3 is 2.35 bits per heavy atom. The number of hydrogen-bond donors (Lipinski definition) is 2. The van der Waals surface area contributed by atoms with Crippen LogP contribution in [0, 0.1) is 12.8 Å². The van der Waals surface area contributed by atoms with Crippen molar-refractivity contribution in [3.63, 3.8) is 0 Å². The van der Waals surface area contributed by atoms with Gasteiger partial charge in [0, 0.05) is 35.7 Å². The number of anilines is 1. The van der Waals surface area contributed by atoms with Gasteiger partial charge in [-0.25, -0.2) is 13.2 Å². The van der Waals surface area contributed by atoms with Gasteiger partial charge in [0.1, 0.15) is 18.2 Å². The normalized spacial score (nSPS) is 12.5. The number of benzene rings is 2. The van der Waals surface area contributed by atoms with Crippen molar-refractivity contribution in [3.8, 4) is 0 Å². The lowest BCUT2D eigenvalue weighted by molar-refractivity contribution is -0.148. The smallest absolute Gasteiger partial charge is 0.336 e. The second-order valence-electron chi connectivity index (χ2n) is 8.25. The zero-order chi connectivity index (χ0) is 25.0. The SMILES string of the molecule is CC(=O)Nc1ccc2c(COC(=O)[C@@H](NS(=O)(=O)c3ccc(C)cc3)C(C)C)cc(=O)oc2c1. The number of nitrogens with one attached hydrogen (secondary N) is 2. The lowest BCUT2D eigenvalue weighted by atomic mass is 10.1. The summed E-state index contributed by atoms with van der Waals surface area (Å²) in [6.45, 7) is 6.32. The van der Waals surface area contributed by atoms with Crippen molar-refractivity contribution in [1.82, 2.24) is 4.72 Å². The summed E-state index contributed by atoms with van der Waals surface area (Å²) in [5, 5.41) is 3.12. The molecule has 0 aliphatic heterocycles. The van der Waals surface area contributed by atoms with E-state index >= 15 is 0 Å². The van der Waals surface area contributed by atoms with Crippen molar-refractivity contribution in [2.75, 3.05) is 5.32 Å². The molecular weight excluding hydrogens is 460 g/mol. The third-order valence-corrected chi connectivity index (χ3v) is 6.51. The molecular formula is C24H26N2O7S. The van der Waals surface area contributed by atoms with E-state index in [0.29, 0.717) is 16.6 Å². The molecule has 0 aliphatic rings. The molecule has 0 bridgehead atoms. The summed E-state index contributed by atoms with van der Waals surface area (Å²) in [7, 11) is -3.96. The van der Waals surface area contributed by atoms with Crippen molar-refractivity contribution in [2.24, 2.45) is 5.92 Å². The van der Waals surface area contributed by atoms with Crippen LogP contribution < -0.4 is 15.7 Å². The highest BCUT2D eigenvalue weighted by Gasteiger charge is 2.30. The number of fused-ring (bicyclic) bond motifs is 1. The van der Waals surface area contributed by atoms with Gasteiger partial charge in [0.15, 0.2) is 0 Å². The highest BCUT2D eigenvalue weighted by Crippen LogP contribution is 2.22. The average Bonchev–Trinajstić information content (AvgIpc) is 2.75. The predicted molar refractivity (Wildman–Crippen MR) is 127 cm³/mol. The average molecular weight is 487 g/mol. The van der Waals surface area contributed by atoms with E-state index in [9.17, 15) is 22.8 Å². The molecule has 1 amide bonds. The first kappa shape index (κ1) is 25.1. The van der Waals surface area contributed by atoms with E-state index in [2.05, 4.69) is 10.0 Å². The summed E-state index contributed by atoms with van der Waals surface area (Å²) >= 11 is 0. The molecule has 180 valence electrons. The Morgan fingerprint density at radius 1 is 1.06 bits per heavy atom. The van der Waals surface area contributed by atoms with Gasteiger partial charge in [-0.15, -0.1) is 0 Å². The van der Waals surface area contributed by atoms with Gasteiger partial charge in [-0.2, -0.15) is 4.72 Å². The fourth-order valence-electron chi connectivity index (χ4n) is 3.28. The highest BCUT2D eigenvalue weighted by molar-refractivity contribution is 7.89. The summed E-state index contributed by atoms with van der Waals surface area (Å²) in [4.78, 5) is 36.1. The number of ether oxygens (including phenoxy) is 1. The Labute approximate surface area is 197 Å². The molecule has 1 aromatic heterocycles. The fraction of sp³-hybridized carbons (Fsp3) is 0.292. The molecule has 0 saturated carbocycles. The molecule has 9 nitrogen and oxygen atoms in total. The zero-order valence-electron chi connectivity index (χ0n) is 19.2. The molecule has 10 heteroatoms. The van der Waals surface area contributed by atoms with Crippen LogP contribution in [0.4, 0.5) is 5.69 Å². The van der Waals surface area contributed by atoms with E-state index in [1.165, 1.54) is 31.2 Å². The minimum atomic E-state index is -3.96. The highest BCUT2D eigenvalue weighted by atomic mass is 32.2. The zero-order valence-corrected chi connectivity index (χ0v) is 20.1. The van der Waals surface area contributed by atoms with Gasteiger partial charge in [-0.3, -0.25) is 9.59 Å². The number of rotatable bonds is 8. The van der Waals surface area contributed by atoms with Crippen molar-refractivity contribution in [1.29, 1.82) is 0 Å². The van der Waals surface area contributed by atoms with Gasteiger partial charge < -0.3 is 14.5 Å². The van der Waals surface area contributed by atoms with Crippen LogP contribution in [0.15, 0.2) is 62.6 Å². The van der Waals surface area contributed by atoms with Crippen molar-refractivity contribution >= 4 is 38.6 Å². The van der Waals surface area contributed by atoms with Crippen LogP contribution in [0.1, 0.15) is 31.9 Å². The molecule has 1 atom stereocenters. The van der Waals surface area contributed by atoms with E-state index in [1.54, 1.807) is 38.1 Å². The molecule has 0 fully saturated rings. The van der Waals surface area contributed by atoms with Gasteiger partial charge in [-0.05, 0) is 37.1 Å². The summed E-state index contributed by atoms with van der Waals surface area (Å²) < 4.78 is 38.5. The van der Waals surface area contributed by atoms with E-state index in [4.69, 9.17) is 9.15 Å². The first-order valence-electron chi connectivity index (χ1n) is 10.6. The van der Waals surface area contributed by atoms with Crippen molar-refractivity contribution < 1.29 is 27.2 Å². The molecule has 0 spiro atoms. The molecule has 0 aliphatic carbocycles. The monoisotopic (exact) mass is 486 g/mol. The maximum Gasteiger partial charge on any atom is 0.336 e. The number of carbonyl (C=O) groups is 2. The van der Waals surface area contributed by atoms with E-state index in [0.717, 1.165) is 5.56 Å². The van der Waals surface area contributed by atoms with Gasteiger partial charge in [0.25, 0.3) is 0 Å². The Kier molecular flexibility index (Phi) is 7.53. The Bertz CT molecular complexity index is 1380. The molecule has 2 N–H and O–H groups in total. The molecule has 0 radical (unpaired) electrons. The van der Waals surface area contributed by atoms with Crippen LogP contribution in [-0.2, 0) is 31.0 Å². The number of aryl methyl sites for hydroxylation is 1. The lowest BCUT2D eigenvalue weighted by Gasteiger charge is -2.21. The second-order valence-corrected chi connectivity index (χ2v) is 9.96. The number of hydrogen-bond acceptors (Lipinski definition) is 7. The molecule has 2 aromatic carbocycles. The Balaban J connectivity index is 1.80. The topological polar surface area (TPSA) is 132 Å². The Morgan fingerprint density at radius 2 is 1.74 bits per heavy atom. The first-order chi connectivity index (χ1) is 16.0. The third-order valence-electron chi connectivity index (χ3n) is 5.05. The van der Waals surface area contributed by atoms with E-state index < -0.39 is 33.6 Å². The Hall–Kier alpha value is -3.50. The van der Waals surface area contributed by atoms with Crippen molar-refractivity contribution in [3.05, 3.63) is 70.1 Å². The third kappa shape index (κ3) is 6.09. The summed E-state index contributed by atoms with van der Waals surface area (Å²) in [5.41, 5.74) is 1.30. The van der Waals surface area contributed by atoms with Crippen LogP contribution >= 0.6 is 0 Å². The number of carbonyl (C=O) groups excluding carboxylic acids is 2. The quantitative estimate of drug-likeness (QED) is 0.369. The molecule has 0 saturated heterocycles. The largest absolute Gasteiger partial charge is 0.460 e. The molecule has 3 aromatic rings. The van der Waals surface area contributed by atoms with Gasteiger partial charge in [-0.1, -0.05) is 31.5 Å². The number of sulfonamides is 1. The maximum absolute atomic E-state index is 12.8. The van der Waals surface area contributed by atoms with E-state index in [-0.39, 0.29) is 23.0 Å². The molecule has 3 rings (SSSR count). The minimum Gasteiger partial charge on any atom is -0.460 e. The van der Waals surface area contributed by atoms with Gasteiger partial charge in [0.05, 0.1) is 4.90 Å². The fourth-order valence-corrected chi connectivity index (χ4v) is 4.61. The lowest BCUT2D eigenvalue weighted by Crippen LogP contribution is -2.45. The predicted octanol–water partition coefficient (Wildman–Crippen LogP) is 3.11. The van der Waals surface area contributed by atoms with Crippen LogP contribution in [0.3, 0.4) is 0 Å². The van der Waals surface area contributed by atoms with Crippen LogP contribution in [0.5, 0.6) is 0 Å². The van der Waals surface area contributed by atoms with Gasteiger partial charge in [0.2, 0.25) is 15.9 Å². The number of amides is 1. The van der Waals surface area contributed by atoms with Crippen LogP contribution in [0.25, 0.3) is 11.0 Å². The van der Waals surface area contributed by atoms with Crippen LogP contribution in [-0.4, -0.2) is 26.3 Å². The molecule has 34 heavy (non-hydrogen) atoms. The summed E-state index contributed by atoms with van der Waals surface area (Å²) in [6.07, 6.45) is 0. The first-order valence-corrected chi connectivity index (χ1v) is 12.0. The standard InChI is InChI=1S/C24H26N2O7S/c1-14(2)23(26-34(30,31)19-8-5-15(3)6-9-19)24(29)32-13-17-11-22(28)33-21-12-18(25-16(4)27)7-10-20(17)21/h5-12,14,23,26H,13H2,1-4H3,(H,25,27)/t23-/m0/s1. The maximum atomic E-state index is 12.8. The van der Waals surface area contributed by atoms with Crippen molar-refractivity contribution in [2.45, 2.75) is 45.2 Å².